The summed E-state index contributed by atoms with van der Waals surface area (Å²) in [6, 6.07) is 13.5. The van der Waals surface area contributed by atoms with Gasteiger partial charge < -0.3 is 5.32 Å². The lowest BCUT2D eigenvalue weighted by atomic mass is 9.96. The zero-order valence-electron chi connectivity index (χ0n) is 19.2. The molecule has 2 aromatic carbocycles. The first-order valence-corrected chi connectivity index (χ1v) is 12.7. The van der Waals surface area contributed by atoms with Crippen LogP contribution in [0.2, 0.25) is 0 Å². The van der Waals surface area contributed by atoms with Gasteiger partial charge in [-0.2, -0.15) is 4.31 Å². The zero-order valence-corrected chi connectivity index (χ0v) is 20.0. The molecule has 0 atom stereocenters. The molecule has 0 saturated heterocycles. The topological polar surface area (TPSA) is 115 Å². The minimum atomic E-state index is -3.82. The highest BCUT2D eigenvalue weighted by molar-refractivity contribution is 7.89. The van der Waals surface area contributed by atoms with Crippen LogP contribution < -0.4 is 11.1 Å². The fourth-order valence-electron chi connectivity index (χ4n) is 4.35. The third kappa shape index (κ3) is 4.83. The second-order valence-corrected chi connectivity index (χ2v) is 10.5. The highest BCUT2D eigenvalue weighted by Crippen LogP contribution is 2.30. The van der Waals surface area contributed by atoms with E-state index in [1.807, 2.05) is 19.1 Å². The molecule has 1 aliphatic carbocycles. The molecule has 1 amide bonds. The van der Waals surface area contributed by atoms with Crippen LogP contribution in [0.1, 0.15) is 37.7 Å². The summed E-state index contributed by atoms with van der Waals surface area (Å²) in [6.07, 6.45) is 4.76. The molecule has 0 spiro atoms. The van der Waals surface area contributed by atoms with Gasteiger partial charge in [-0.25, -0.2) is 17.8 Å². The van der Waals surface area contributed by atoms with Gasteiger partial charge >= 0.3 is 5.76 Å². The van der Waals surface area contributed by atoms with Crippen molar-refractivity contribution in [2.45, 2.75) is 56.5 Å². The molecule has 1 N–H and O–H groups in total. The number of hydrogen-bond donors (Lipinski definition) is 1. The van der Waals surface area contributed by atoms with Gasteiger partial charge in [-0.1, -0.05) is 60.8 Å². The normalized spacial score (nSPS) is 14.9. The Kier molecular flexibility index (Phi) is 6.99. The van der Waals surface area contributed by atoms with Crippen LogP contribution in [0.4, 0.5) is 5.69 Å². The average molecular weight is 485 g/mol. The molecule has 34 heavy (non-hydrogen) atoms. The second kappa shape index (κ2) is 9.94. The molecule has 3 aromatic rings. The van der Waals surface area contributed by atoms with Crippen molar-refractivity contribution in [1.82, 2.24) is 14.0 Å². The quantitative estimate of drug-likeness (QED) is 0.550. The Balaban J connectivity index is 1.58. The number of nitrogens with zero attached hydrogens (tertiary/aromatic N) is 3. The van der Waals surface area contributed by atoms with Crippen molar-refractivity contribution in [2.24, 2.45) is 0 Å². The summed E-state index contributed by atoms with van der Waals surface area (Å²) in [5.74, 6) is -1.11. The highest BCUT2D eigenvalue weighted by atomic mass is 32.2. The van der Waals surface area contributed by atoms with E-state index in [0.29, 0.717) is 5.56 Å². The number of sulfonamides is 1. The standard InChI is InChI=1S/C24H28N4O5S/c1-17-10-6-7-13-19(17)23-26-33-24(30)28(23)16-22(29)25-20-14-8-9-15-21(20)34(31,32)27(2)18-11-4-3-5-12-18/h6-10,13-15,18H,3-5,11-12,16H2,1-2H3,(H,25,29). The van der Waals surface area contributed by atoms with Crippen LogP contribution in [0, 0.1) is 6.92 Å². The van der Waals surface area contributed by atoms with Gasteiger partial charge in [0.1, 0.15) is 11.4 Å². The van der Waals surface area contributed by atoms with Crippen LogP contribution in [0.5, 0.6) is 0 Å². The van der Waals surface area contributed by atoms with Gasteiger partial charge in [0.2, 0.25) is 15.9 Å². The monoisotopic (exact) mass is 484 g/mol. The zero-order chi connectivity index (χ0) is 24.3. The number of anilines is 1. The van der Waals surface area contributed by atoms with Gasteiger partial charge in [0.25, 0.3) is 0 Å². The van der Waals surface area contributed by atoms with Gasteiger partial charge in [-0.15, -0.1) is 0 Å². The van der Waals surface area contributed by atoms with E-state index in [4.69, 9.17) is 4.52 Å². The number of hydrogen-bond acceptors (Lipinski definition) is 6. The summed E-state index contributed by atoms with van der Waals surface area (Å²) in [4.78, 5) is 25.2. The molecule has 0 radical (unpaired) electrons. The first-order chi connectivity index (χ1) is 16.3. The van der Waals surface area contributed by atoms with Crippen LogP contribution in [0.3, 0.4) is 0 Å². The maximum absolute atomic E-state index is 13.4. The van der Waals surface area contributed by atoms with Crippen molar-refractivity contribution >= 4 is 21.6 Å². The van der Waals surface area contributed by atoms with Gasteiger partial charge in [0, 0.05) is 18.7 Å². The maximum Gasteiger partial charge on any atom is 0.442 e. The van der Waals surface area contributed by atoms with Crippen molar-refractivity contribution < 1.29 is 17.7 Å². The SMILES string of the molecule is Cc1ccccc1-c1noc(=O)n1CC(=O)Nc1ccccc1S(=O)(=O)N(C)C1CCCCC1. The van der Waals surface area contributed by atoms with Crippen LogP contribution >= 0.6 is 0 Å². The number of carbonyl (C=O) groups is 1. The minimum Gasteiger partial charge on any atom is -0.323 e. The molecule has 0 unspecified atom stereocenters. The Hall–Kier alpha value is -3.24. The highest BCUT2D eigenvalue weighted by Gasteiger charge is 2.31. The summed E-state index contributed by atoms with van der Waals surface area (Å²) >= 11 is 0. The predicted molar refractivity (Wildman–Crippen MR) is 128 cm³/mol. The molecular formula is C24H28N4O5S. The van der Waals surface area contributed by atoms with E-state index in [1.165, 1.54) is 16.4 Å². The van der Waals surface area contributed by atoms with Crippen molar-refractivity contribution in [3.8, 4) is 11.4 Å². The molecule has 4 rings (SSSR count). The number of nitrogens with one attached hydrogen (secondary N) is 1. The van der Waals surface area contributed by atoms with E-state index in [-0.39, 0.29) is 29.0 Å². The summed E-state index contributed by atoms with van der Waals surface area (Å²) in [5.41, 5.74) is 1.70. The smallest absolute Gasteiger partial charge is 0.323 e. The summed E-state index contributed by atoms with van der Waals surface area (Å²) in [7, 11) is -2.23. The van der Waals surface area contributed by atoms with Gasteiger partial charge in [-0.3, -0.25) is 9.32 Å². The Morgan fingerprint density at radius 3 is 2.53 bits per heavy atom. The van der Waals surface area contributed by atoms with E-state index >= 15 is 0 Å². The van der Waals surface area contributed by atoms with Gasteiger partial charge in [0.05, 0.1) is 5.69 Å². The predicted octanol–water partition coefficient (Wildman–Crippen LogP) is 3.40. The molecule has 0 aliphatic heterocycles. The maximum atomic E-state index is 13.4. The Morgan fingerprint density at radius 1 is 1.12 bits per heavy atom. The summed E-state index contributed by atoms with van der Waals surface area (Å²) < 4.78 is 34.1. The second-order valence-electron chi connectivity index (χ2n) is 8.53. The summed E-state index contributed by atoms with van der Waals surface area (Å²) in [6.45, 7) is 1.49. The van der Waals surface area contributed by atoms with Crippen molar-refractivity contribution in [3.63, 3.8) is 0 Å². The molecule has 1 heterocycles. The third-order valence-corrected chi connectivity index (χ3v) is 8.25. The van der Waals surface area contributed by atoms with Crippen LogP contribution in [-0.4, -0.2) is 41.4 Å². The lowest BCUT2D eigenvalue weighted by molar-refractivity contribution is -0.116. The van der Waals surface area contributed by atoms with E-state index in [2.05, 4.69) is 10.5 Å². The molecule has 1 aliphatic rings. The van der Waals surface area contributed by atoms with Crippen molar-refractivity contribution in [1.29, 1.82) is 0 Å². The van der Waals surface area contributed by atoms with E-state index in [9.17, 15) is 18.0 Å². The lowest BCUT2D eigenvalue weighted by Gasteiger charge is -2.30. The number of aromatic nitrogens is 2. The Labute approximate surface area is 198 Å². The number of para-hydroxylation sites is 1. The molecule has 0 bridgehead atoms. The molecule has 10 heteroatoms. The number of aryl methyl sites for hydroxylation is 1. The minimum absolute atomic E-state index is 0.0215. The van der Waals surface area contributed by atoms with Crippen LogP contribution in [0.15, 0.2) is 62.7 Å². The van der Waals surface area contributed by atoms with Gasteiger partial charge in [-0.05, 0) is 37.5 Å². The molecule has 1 saturated carbocycles. The van der Waals surface area contributed by atoms with E-state index in [0.717, 1.165) is 42.2 Å². The van der Waals surface area contributed by atoms with Crippen molar-refractivity contribution in [3.05, 3.63) is 64.6 Å². The van der Waals surface area contributed by atoms with Crippen LogP contribution in [0.25, 0.3) is 11.4 Å². The van der Waals surface area contributed by atoms with Gasteiger partial charge in [0.15, 0.2) is 5.82 Å². The fraction of sp³-hybridized carbons (Fsp3) is 0.375. The van der Waals surface area contributed by atoms with E-state index < -0.39 is 21.7 Å². The Bertz CT molecular complexity index is 1340. The summed E-state index contributed by atoms with van der Waals surface area (Å²) in [5, 5.41) is 6.49. The molecule has 9 nitrogen and oxygen atoms in total. The molecule has 1 fully saturated rings. The number of benzene rings is 2. The number of rotatable bonds is 7. The molecule has 180 valence electrons. The third-order valence-electron chi connectivity index (χ3n) is 6.28. The fourth-order valence-corrected chi connectivity index (χ4v) is 5.91. The first kappa shape index (κ1) is 23.9. The Morgan fingerprint density at radius 2 is 1.79 bits per heavy atom. The molecular weight excluding hydrogens is 456 g/mol. The largest absolute Gasteiger partial charge is 0.442 e. The van der Waals surface area contributed by atoms with E-state index in [1.54, 1.807) is 31.3 Å². The number of carbonyl (C=O) groups excluding carboxylic acids is 1. The average Bonchev–Trinajstić information content (AvgIpc) is 3.19. The molecule has 1 aromatic heterocycles. The number of amides is 1. The lowest BCUT2D eigenvalue weighted by Crippen LogP contribution is -2.38. The first-order valence-electron chi connectivity index (χ1n) is 11.3. The van der Waals surface area contributed by atoms with Crippen molar-refractivity contribution in [2.75, 3.05) is 12.4 Å². The van der Waals surface area contributed by atoms with Crippen LogP contribution in [-0.2, 0) is 21.4 Å².